The number of hydrogen-bond donors (Lipinski definition) is 1. The van der Waals surface area contributed by atoms with Crippen LogP contribution in [0.2, 0.25) is 5.02 Å². The molecule has 0 saturated heterocycles. The van der Waals surface area contributed by atoms with Gasteiger partial charge in [-0.05, 0) is 109 Å². The van der Waals surface area contributed by atoms with Gasteiger partial charge in [-0.25, -0.2) is 0 Å². The molecule has 0 spiro atoms. The molecule has 0 radical (unpaired) electrons. The van der Waals surface area contributed by atoms with Gasteiger partial charge in [0.2, 0.25) is 6.04 Å². The number of halogens is 1. The number of rotatable bonds is 6. The third-order valence-electron chi connectivity index (χ3n) is 12.5. The summed E-state index contributed by atoms with van der Waals surface area (Å²) in [7, 11) is 0. The molecule has 1 aromatic heterocycles. The summed E-state index contributed by atoms with van der Waals surface area (Å²) < 4.78 is 0. The molecule has 1 aromatic carbocycles. The molecular formula is C33H47ClN2O2. The van der Waals surface area contributed by atoms with Crippen molar-refractivity contribution < 1.29 is 4.92 Å². The van der Waals surface area contributed by atoms with Crippen molar-refractivity contribution in [3.63, 3.8) is 0 Å². The SMILES string of the molecule is CC(C)CCCC(C)C1CCC2C3CC([N+](=O)[O-])C4Cc5[nH]c6ccc(Cl)cc6c5CC4(C)C3CCC12C. The number of nitrogens with one attached hydrogen (secondary N) is 1. The van der Waals surface area contributed by atoms with E-state index in [-0.39, 0.29) is 16.3 Å². The van der Waals surface area contributed by atoms with Gasteiger partial charge in [0.25, 0.3) is 0 Å². The standard InChI is InChI=1S/C33H47ClN2O2/c1-19(2)7-6-8-20(3)25-10-11-26-23-16-31(36(37)38)28-17-30-24(22-15-21(34)9-12-29(22)35-30)18-33(28,5)27(23)13-14-32(25,26)4/h9,12,15,19-20,23,25-28,31,35H,6-8,10-11,13-14,16-18H2,1-5H3. The molecule has 208 valence electrons. The molecule has 38 heavy (non-hydrogen) atoms. The molecule has 3 fully saturated rings. The van der Waals surface area contributed by atoms with Gasteiger partial charge >= 0.3 is 0 Å². The minimum Gasteiger partial charge on any atom is -0.358 e. The van der Waals surface area contributed by atoms with Crippen LogP contribution in [0.5, 0.6) is 0 Å². The summed E-state index contributed by atoms with van der Waals surface area (Å²) in [6.07, 6.45) is 11.7. The predicted octanol–water partition coefficient (Wildman–Crippen LogP) is 9.11. The summed E-state index contributed by atoms with van der Waals surface area (Å²) in [5.74, 6) is 4.11. The normalized spacial score (nSPS) is 38.9. The van der Waals surface area contributed by atoms with Crippen molar-refractivity contribution in [2.75, 3.05) is 0 Å². The fourth-order valence-corrected chi connectivity index (χ4v) is 10.9. The predicted molar refractivity (Wildman–Crippen MR) is 156 cm³/mol. The molecular weight excluding hydrogens is 492 g/mol. The van der Waals surface area contributed by atoms with Crippen LogP contribution in [0.3, 0.4) is 0 Å². The molecule has 4 aliphatic rings. The topological polar surface area (TPSA) is 58.9 Å². The van der Waals surface area contributed by atoms with Gasteiger partial charge in [0.1, 0.15) is 0 Å². The van der Waals surface area contributed by atoms with Gasteiger partial charge in [-0.3, -0.25) is 10.1 Å². The van der Waals surface area contributed by atoms with Gasteiger partial charge in [0, 0.05) is 38.9 Å². The van der Waals surface area contributed by atoms with Gasteiger partial charge in [0.15, 0.2) is 0 Å². The second kappa shape index (κ2) is 9.53. The highest BCUT2D eigenvalue weighted by molar-refractivity contribution is 6.31. The average Bonchev–Trinajstić information content (AvgIpc) is 3.38. The Kier molecular flexibility index (Phi) is 6.69. The minimum atomic E-state index is -0.436. The molecule has 4 aliphatic carbocycles. The Hall–Kier alpha value is -1.55. The first-order valence-electron chi connectivity index (χ1n) is 15.5. The second-order valence-electron chi connectivity index (χ2n) is 14.8. The first kappa shape index (κ1) is 26.7. The lowest BCUT2D eigenvalue weighted by Gasteiger charge is -2.60. The van der Waals surface area contributed by atoms with Crippen LogP contribution in [-0.4, -0.2) is 15.9 Å². The Balaban J connectivity index is 1.32. The van der Waals surface area contributed by atoms with E-state index in [1.54, 1.807) is 0 Å². The fourth-order valence-electron chi connectivity index (χ4n) is 10.7. The van der Waals surface area contributed by atoms with E-state index in [9.17, 15) is 10.1 Å². The maximum absolute atomic E-state index is 12.7. The molecule has 9 unspecified atom stereocenters. The van der Waals surface area contributed by atoms with Crippen LogP contribution in [0.25, 0.3) is 10.9 Å². The van der Waals surface area contributed by atoms with Crippen molar-refractivity contribution in [1.29, 1.82) is 0 Å². The third kappa shape index (κ3) is 4.06. The number of aromatic nitrogens is 1. The van der Waals surface area contributed by atoms with Crippen LogP contribution in [0.15, 0.2) is 18.2 Å². The Bertz CT molecular complexity index is 1220. The first-order chi connectivity index (χ1) is 18.0. The van der Waals surface area contributed by atoms with Crippen LogP contribution in [-0.2, 0) is 12.8 Å². The zero-order valence-corrected chi connectivity index (χ0v) is 24.8. The molecule has 0 aliphatic heterocycles. The highest BCUT2D eigenvalue weighted by Gasteiger charge is 2.65. The summed E-state index contributed by atoms with van der Waals surface area (Å²) in [6.45, 7) is 12.2. The van der Waals surface area contributed by atoms with Crippen LogP contribution in [0.4, 0.5) is 0 Å². The molecule has 3 saturated carbocycles. The number of benzene rings is 1. The van der Waals surface area contributed by atoms with Gasteiger partial charge in [0.05, 0.1) is 0 Å². The lowest BCUT2D eigenvalue weighted by molar-refractivity contribution is -0.546. The van der Waals surface area contributed by atoms with Crippen molar-refractivity contribution >= 4 is 22.5 Å². The van der Waals surface area contributed by atoms with E-state index in [2.05, 4.69) is 51.7 Å². The molecule has 4 nitrogen and oxygen atoms in total. The number of fused-ring (bicyclic) bond motifs is 8. The highest BCUT2D eigenvalue weighted by Crippen LogP contribution is 2.68. The van der Waals surface area contributed by atoms with Crippen LogP contribution >= 0.6 is 11.6 Å². The monoisotopic (exact) mass is 538 g/mol. The molecule has 0 bridgehead atoms. The number of H-pyrrole nitrogens is 1. The van der Waals surface area contributed by atoms with Crippen molar-refractivity contribution in [2.24, 2.45) is 52.3 Å². The Morgan fingerprint density at radius 3 is 2.58 bits per heavy atom. The van der Waals surface area contributed by atoms with Crippen LogP contribution < -0.4 is 0 Å². The molecule has 1 N–H and O–H groups in total. The van der Waals surface area contributed by atoms with E-state index >= 15 is 0 Å². The maximum atomic E-state index is 12.7. The van der Waals surface area contributed by atoms with Crippen molar-refractivity contribution in [1.82, 2.24) is 4.98 Å². The maximum Gasteiger partial charge on any atom is 0.217 e. The largest absolute Gasteiger partial charge is 0.358 e. The zero-order chi connectivity index (χ0) is 27.0. The smallest absolute Gasteiger partial charge is 0.217 e. The number of aromatic amines is 1. The molecule has 2 aromatic rings. The third-order valence-corrected chi connectivity index (χ3v) is 12.8. The summed E-state index contributed by atoms with van der Waals surface area (Å²) in [5.41, 5.74) is 4.02. The van der Waals surface area contributed by atoms with Gasteiger partial charge in [-0.15, -0.1) is 0 Å². The van der Waals surface area contributed by atoms with E-state index < -0.39 is 6.04 Å². The molecule has 5 heteroatoms. The lowest BCUT2D eigenvalue weighted by Crippen LogP contribution is -2.60. The van der Waals surface area contributed by atoms with E-state index in [1.165, 1.54) is 61.6 Å². The van der Waals surface area contributed by atoms with Gasteiger partial charge in [-0.2, -0.15) is 0 Å². The van der Waals surface area contributed by atoms with E-state index in [1.807, 2.05) is 6.07 Å². The van der Waals surface area contributed by atoms with E-state index in [0.29, 0.717) is 23.2 Å². The minimum absolute atomic E-state index is 0.0343. The van der Waals surface area contributed by atoms with Crippen molar-refractivity contribution in [3.8, 4) is 0 Å². The zero-order valence-electron chi connectivity index (χ0n) is 24.1. The Morgan fingerprint density at radius 1 is 1.08 bits per heavy atom. The van der Waals surface area contributed by atoms with Crippen LogP contribution in [0, 0.1) is 62.4 Å². The highest BCUT2D eigenvalue weighted by atomic mass is 35.5. The quantitative estimate of drug-likeness (QED) is 0.294. The molecule has 6 rings (SSSR count). The first-order valence-corrected chi connectivity index (χ1v) is 15.8. The fraction of sp³-hybridized carbons (Fsp3) is 0.758. The lowest BCUT2D eigenvalue weighted by atomic mass is 9.43. The van der Waals surface area contributed by atoms with Crippen molar-refractivity contribution in [2.45, 2.75) is 105 Å². The summed E-state index contributed by atoms with van der Waals surface area (Å²) in [5, 5.41) is 14.6. The average molecular weight is 539 g/mol. The van der Waals surface area contributed by atoms with Gasteiger partial charge < -0.3 is 4.98 Å². The van der Waals surface area contributed by atoms with Crippen molar-refractivity contribution in [3.05, 3.63) is 44.6 Å². The molecule has 0 amide bonds. The Morgan fingerprint density at radius 2 is 1.84 bits per heavy atom. The van der Waals surface area contributed by atoms with E-state index in [4.69, 9.17) is 11.6 Å². The second-order valence-corrected chi connectivity index (χ2v) is 15.2. The van der Waals surface area contributed by atoms with E-state index in [0.717, 1.165) is 47.6 Å². The summed E-state index contributed by atoms with van der Waals surface area (Å²) >= 11 is 6.42. The number of nitrogens with zero attached hydrogens (tertiary/aromatic N) is 1. The summed E-state index contributed by atoms with van der Waals surface area (Å²) in [4.78, 5) is 16.4. The van der Waals surface area contributed by atoms with Gasteiger partial charge in [-0.1, -0.05) is 65.5 Å². The molecule has 1 heterocycles. The Labute approximate surface area is 233 Å². The van der Waals surface area contributed by atoms with Crippen LogP contribution in [0.1, 0.15) is 97.2 Å². The number of nitro groups is 1. The summed E-state index contributed by atoms with van der Waals surface area (Å²) in [6, 6.07) is 5.68. The molecule has 9 atom stereocenters. The number of hydrogen-bond acceptors (Lipinski definition) is 2.